The summed E-state index contributed by atoms with van der Waals surface area (Å²) < 4.78 is 16.3. The van der Waals surface area contributed by atoms with Gasteiger partial charge in [0.1, 0.15) is 23.1 Å². The fourth-order valence-corrected chi connectivity index (χ4v) is 1.85. The van der Waals surface area contributed by atoms with Crippen molar-refractivity contribution in [1.29, 1.82) is 0 Å². The van der Waals surface area contributed by atoms with Gasteiger partial charge >= 0.3 is 5.09 Å². The Balaban J connectivity index is 2.87. The van der Waals surface area contributed by atoms with Crippen LogP contribution in [-0.2, 0) is 11.2 Å². The molecule has 0 radical (unpaired) electrons. The highest BCUT2D eigenvalue weighted by molar-refractivity contribution is 7.90. The number of rotatable bonds is 1. The molecule has 0 aliphatic carbocycles. The Bertz CT molecular complexity index is 602. The summed E-state index contributed by atoms with van der Waals surface area (Å²) in [6.07, 6.45) is 1.37. The van der Waals surface area contributed by atoms with Crippen molar-refractivity contribution in [2.24, 2.45) is 0 Å². The maximum atomic E-state index is 11.6. The minimum Gasteiger partial charge on any atom is -0.609 e. The van der Waals surface area contributed by atoms with Crippen LogP contribution in [0.3, 0.4) is 0 Å². The van der Waals surface area contributed by atoms with Gasteiger partial charge in [-0.2, -0.15) is 0 Å². The standard InChI is InChI=1S/C10H8O5S/c1-16(14)9-4-7(13)10-6(12)2-5(11)3-8(10)15-9/h2-4,11-12H,1H3. The van der Waals surface area contributed by atoms with Crippen LogP contribution in [0.25, 0.3) is 11.0 Å². The van der Waals surface area contributed by atoms with Gasteiger partial charge in [0, 0.05) is 23.3 Å². The lowest BCUT2D eigenvalue weighted by molar-refractivity contribution is 0.442. The maximum absolute atomic E-state index is 11.6. The first-order valence-corrected chi connectivity index (χ1v) is 5.88. The van der Waals surface area contributed by atoms with E-state index in [1.165, 1.54) is 12.3 Å². The lowest BCUT2D eigenvalue weighted by atomic mass is 10.2. The van der Waals surface area contributed by atoms with Crippen molar-refractivity contribution in [2.75, 3.05) is 6.26 Å². The topological polar surface area (TPSA) is 93.7 Å². The highest BCUT2D eigenvalue weighted by atomic mass is 32.2. The van der Waals surface area contributed by atoms with Gasteiger partial charge in [0.2, 0.25) is 5.43 Å². The zero-order chi connectivity index (χ0) is 11.9. The number of hydrogen-bond donors (Lipinski definition) is 2. The molecule has 0 fully saturated rings. The van der Waals surface area contributed by atoms with Crippen LogP contribution in [0, 0.1) is 0 Å². The number of phenolic OH excluding ortho intramolecular Hbond substituents is 2. The van der Waals surface area contributed by atoms with Crippen molar-refractivity contribution < 1.29 is 19.2 Å². The van der Waals surface area contributed by atoms with E-state index in [9.17, 15) is 19.6 Å². The van der Waals surface area contributed by atoms with Crippen molar-refractivity contribution in [3.63, 3.8) is 0 Å². The largest absolute Gasteiger partial charge is 0.609 e. The number of benzene rings is 1. The van der Waals surface area contributed by atoms with Crippen LogP contribution in [0.5, 0.6) is 11.5 Å². The van der Waals surface area contributed by atoms with Crippen molar-refractivity contribution in [3.05, 3.63) is 28.4 Å². The molecule has 1 aromatic heterocycles. The third-order valence-electron chi connectivity index (χ3n) is 2.06. The first-order valence-electron chi connectivity index (χ1n) is 4.32. The molecular formula is C10H8O5S. The van der Waals surface area contributed by atoms with Crippen molar-refractivity contribution in [2.45, 2.75) is 5.09 Å². The molecule has 0 bridgehead atoms. The van der Waals surface area contributed by atoms with Gasteiger partial charge in [-0.25, -0.2) is 0 Å². The lowest BCUT2D eigenvalue weighted by Gasteiger charge is -2.05. The fourth-order valence-electron chi connectivity index (χ4n) is 1.37. The van der Waals surface area contributed by atoms with Gasteiger partial charge in [-0.05, 0) is 0 Å². The third kappa shape index (κ3) is 1.72. The van der Waals surface area contributed by atoms with Crippen LogP contribution in [0.4, 0.5) is 0 Å². The van der Waals surface area contributed by atoms with Gasteiger partial charge in [-0.1, -0.05) is 0 Å². The molecule has 2 rings (SSSR count). The van der Waals surface area contributed by atoms with E-state index in [1.54, 1.807) is 0 Å². The molecule has 0 aliphatic rings. The van der Waals surface area contributed by atoms with E-state index in [1.807, 2.05) is 0 Å². The Labute approximate surface area is 93.1 Å². The minimum absolute atomic E-state index is 0.00231. The molecule has 0 saturated heterocycles. The van der Waals surface area contributed by atoms with Gasteiger partial charge in [0.15, 0.2) is 5.58 Å². The second-order valence-corrected chi connectivity index (χ2v) is 4.53. The average molecular weight is 240 g/mol. The molecule has 1 atom stereocenters. The average Bonchev–Trinajstić information content (AvgIpc) is 2.15. The summed E-state index contributed by atoms with van der Waals surface area (Å²) in [7, 11) is 0. The predicted molar refractivity (Wildman–Crippen MR) is 58.1 cm³/mol. The smallest absolute Gasteiger partial charge is 0.315 e. The number of hydrogen-bond acceptors (Lipinski definition) is 5. The van der Waals surface area contributed by atoms with Gasteiger partial charge in [-0.15, -0.1) is 0 Å². The highest BCUT2D eigenvalue weighted by Crippen LogP contribution is 2.28. The molecule has 2 N–H and O–H groups in total. The fraction of sp³-hybridized carbons (Fsp3) is 0.100. The summed E-state index contributed by atoms with van der Waals surface area (Å²) in [5, 5.41) is 18.7. The van der Waals surface area contributed by atoms with Crippen molar-refractivity contribution >= 4 is 22.1 Å². The summed E-state index contributed by atoms with van der Waals surface area (Å²) in [6, 6.07) is 3.30. The summed E-state index contributed by atoms with van der Waals surface area (Å²) >= 11 is -1.44. The Kier molecular flexibility index (Phi) is 2.53. The normalized spacial score (nSPS) is 12.9. The SMILES string of the molecule is C[S+]([O-])c1cc(=O)c2c(O)cc(O)cc2o1. The summed E-state index contributed by atoms with van der Waals surface area (Å²) in [6.45, 7) is 0. The van der Waals surface area contributed by atoms with Gasteiger partial charge in [0.25, 0.3) is 0 Å². The van der Waals surface area contributed by atoms with E-state index in [-0.39, 0.29) is 27.6 Å². The molecule has 1 aromatic carbocycles. The number of aromatic hydroxyl groups is 2. The van der Waals surface area contributed by atoms with Crippen molar-refractivity contribution in [3.8, 4) is 11.5 Å². The van der Waals surface area contributed by atoms with E-state index in [2.05, 4.69) is 0 Å². The molecule has 2 aromatic rings. The van der Waals surface area contributed by atoms with E-state index in [0.717, 1.165) is 12.1 Å². The zero-order valence-corrected chi connectivity index (χ0v) is 9.08. The quantitative estimate of drug-likeness (QED) is 0.723. The molecule has 0 amide bonds. The Morgan fingerprint density at radius 1 is 1.31 bits per heavy atom. The molecule has 6 heteroatoms. The minimum atomic E-state index is -1.44. The monoisotopic (exact) mass is 240 g/mol. The van der Waals surface area contributed by atoms with Crippen molar-refractivity contribution in [1.82, 2.24) is 0 Å². The van der Waals surface area contributed by atoms with Gasteiger partial charge in [0.05, 0.1) is 6.07 Å². The first-order chi connectivity index (χ1) is 7.49. The molecule has 1 heterocycles. The highest BCUT2D eigenvalue weighted by Gasteiger charge is 2.15. The van der Waals surface area contributed by atoms with Crippen LogP contribution in [0.1, 0.15) is 0 Å². The van der Waals surface area contributed by atoms with Crippen LogP contribution in [0.15, 0.2) is 32.5 Å². The second-order valence-electron chi connectivity index (χ2n) is 3.22. The number of fused-ring (bicyclic) bond motifs is 1. The Morgan fingerprint density at radius 2 is 2.00 bits per heavy atom. The molecule has 84 valence electrons. The second kappa shape index (κ2) is 3.73. The van der Waals surface area contributed by atoms with E-state index < -0.39 is 16.6 Å². The Morgan fingerprint density at radius 3 is 2.62 bits per heavy atom. The molecule has 0 spiro atoms. The summed E-state index contributed by atoms with van der Waals surface area (Å²) in [5.74, 6) is -0.593. The lowest BCUT2D eigenvalue weighted by Crippen LogP contribution is -2.06. The molecular weight excluding hydrogens is 232 g/mol. The van der Waals surface area contributed by atoms with Crippen LogP contribution in [-0.4, -0.2) is 21.0 Å². The molecule has 1 unspecified atom stereocenters. The van der Waals surface area contributed by atoms with Crippen LogP contribution in [0.2, 0.25) is 0 Å². The van der Waals surface area contributed by atoms with Crippen LogP contribution >= 0.6 is 0 Å². The predicted octanol–water partition coefficient (Wildman–Crippen LogP) is 0.942. The third-order valence-corrected chi connectivity index (χ3v) is 2.82. The summed E-state index contributed by atoms with van der Waals surface area (Å²) in [5.41, 5.74) is -0.487. The first kappa shape index (κ1) is 10.8. The molecule has 16 heavy (non-hydrogen) atoms. The summed E-state index contributed by atoms with van der Waals surface area (Å²) in [4.78, 5) is 11.6. The zero-order valence-electron chi connectivity index (χ0n) is 8.26. The molecule has 0 aliphatic heterocycles. The van der Waals surface area contributed by atoms with E-state index in [0.29, 0.717) is 0 Å². The van der Waals surface area contributed by atoms with Crippen LogP contribution < -0.4 is 5.43 Å². The van der Waals surface area contributed by atoms with Gasteiger partial charge in [-0.3, -0.25) is 4.79 Å². The molecule has 0 saturated carbocycles. The van der Waals surface area contributed by atoms with E-state index >= 15 is 0 Å². The van der Waals surface area contributed by atoms with Gasteiger partial charge < -0.3 is 19.2 Å². The van der Waals surface area contributed by atoms with E-state index in [4.69, 9.17) is 4.42 Å². The Hall–Kier alpha value is -1.66. The maximum Gasteiger partial charge on any atom is 0.315 e. The molecule has 5 nitrogen and oxygen atoms in total. The number of phenols is 2.